The Labute approximate surface area is 118 Å². The number of anilines is 1. The highest BCUT2D eigenvalue weighted by Crippen LogP contribution is 2.26. The van der Waals surface area contributed by atoms with Gasteiger partial charge in [0.05, 0.1) is 11.9 Å². The minimum atomic E-state index is 0. The zero-order valence-corrected chi connectivity index (χ0v) is 12.1. The summed E-state index contributed by atoms with van der Waals surface area (Å²) < 4.78 is 0. The molecule has 0 aliphatic carbocycles. The smallest absolute Gasteiger partial charge is 0.129 e. The number of hydrogen-bond donors (Lipinski definition) is 0. The Balaban J connectivity index is 0.00000108. The SMILES string of the molecule is Br.Clc1ccc(N2CCN3CCC2CC3)cn1. The predicted molar refractivity (Wildman–Crippen MR) is 76.4 cm³/mol. The van der Waals surface area contributed by atoms with Crippen molar-refractivity contribution in [2.24, 2.45) is 0 Å². The first-order valence-corrected chi connectivity index (χ1v) is 6.31. The standard InChI is InChI=1S/C12H16ClN3.BrH/c13-12-2-1-11(9-14-12)16-8-7-15-5-3-10(16)4-6-15;/h1-2,9-10H,3-8H2;1H. The van der Waals surface area contributed by atoms with E-state index in [0.717, 1.165) is 6.54 Å². The predicted octanol–water partition coefficient (Wildman–Crippen LogP) is 2.60. The van der Waals surface area contributed by atoms with Crippen LogP contribution in [0.2, 0.25) is 5.15 Å². The Bertz CT molecular complexity index is 363. The van der Waals surface area contributed by atoms with E-state index in [0.29, 0.717) is 11.2 Å². The van der Waals surface area contributed by atoms with E-state index in [9.17, 15) is 0 Å². The van der Waals surface area contributed by atoms with E-state index in [2.05, 4.69) is 20.9 Å². The number of halogens is 2. The molecule has 4 heterocycles. The van der Waals surface area contributed by atoms with Crippen molar-refractivity contribution in [2.75, 3.05) is 31.1 Å². The molecule has 3 aliphatic rings. The number of fused-ring (bicyclic) bond motifs is 4. The maximum atomic E-state index is 5.82. The Morgan fingerprint density at radius 1 is 1.12 bits per heavy atom. The number of piperidine rings is 1. The average Bonchev–Trinajstić information content (AvgIpc) is 2.64. The quantitative estimate of drug-likeness (QED) is 0.742. The Kier molecular flexibility index (Phi) is 4.28. The summed E-state index contributed by atoms with van der Waals surface area (Å²) in [6, 6.07) is 4.67. The van der Waals surface area contributed by atoms with Gasteiger partial charge in [0.1, 0.15) is 5.15 Å². The van der Waals surface area contributed by atoms with Gasteiger partial charge in [-0.15, -0.1) is 17.0 Å². The van der Waals surface area contributed by atoms with Crippen LogP contribution in [0.1, 0.15) is 12.8 Å². The van der Waals surface area contributed by atoms with Crippen LogP contribution < -0.4 is 4.90 Å². The largest absolute Gasteiger partial charge is 0.366 e. The summed E-state index contributed by atoms with van der Waals surface area (Å²) in [7, 11) is 0. The van der Waals surface area contributed by atoms with Gasteiger partial charge in [-0.1, -0.05) is 11.6 Å². The molecule has 3 aliphatic heterocycles. The molecule has 3 nitrogen and oxygen atoms in total. The van der Waals surface area contributed by atoms with E-state index in [4.69, 9.17) is 11.6 Å². The summed E-state index contributed by atoms with van der Waals surface area (Å²) in [4.78, 5) is 9.23. The zero-order chi connectivity index (χ0) is 11.0. The van der Waals surface area contributed by atoms with Gasteiger partial charge < -0.3 is 9.80 Å². The molecule has 4 rings (SSSR count). The van der Waals surface area contributed by atoms with Crippen molar-refractivity contribution >= 4 is 34.3 Å². The molecule has 0 unspecified atom stereocenters. The van der Waals surface area contributed by atoms with Crippen LogP contribution in [-0.4, -0.2) is 42.1 Å². The molecule has 3 fully saturated rings. The second-order valence-corrected chi connectivity index (χ2v) is 4.99. The Hall–Kier alpha value is -0.320. The molecule has 3 saturated heterocycles. The lowest BCUT2D eigenvalue weighted by molar-refractivity contribution is 0.250. The maximum absolute atomic E-state index is 5.82. The number of nitrogens with zero attached hydrogens (tertiary/aromatic N) is 3. The highest BCUT2D eigenvalue weighted by molar-refractivity contribution is 8.93. The average molecular weight is 319 g/mol. The molecule has 0 N–H and O–H groups in total. The highest BCUT2D eigenvalue weighted by atomic mass is 79.9. The van der Waals surface area contributed by atoms with Gasteiger partial charge in [0.2, 0.25) is 0 Å². The van der Waals surface area contributed by atoms with Gasteiger partial charge in [-0.3, -0.25) is 0 Å². The Morgan fingerprint density at radius 3 is 2.53 bits per heavy atom. The molecule has 0 saturated carbocycles. The van der Waals surface area contributed by atoms with Gasteiger partial charge in [-0.05, 0) is 25.0 Å². The lowest BCUT2D eigenvalue weighted by Gasteiger charge is -2.32. The zero-order valence-electron chi connectivity index (χ0n) is 9.68. The van der Waals surface area contributed by atoms with Crippen molar-refractivity contribution in [3.05, 3.63) is 23.5 Å². The topological polar surface area (TPSA) is 19.4 Å². The second kappa shape index (κ2) is 5.55. The fourth-order valence-corrected chi connectivity index (χ4v) is 2.88. The van der Waals surface area contributed by atoms with Crippen molar-refractivity contribution in [1.29, 1.82) is 0 Å². The van der Waals surface area contributed by atoms with Gasteiger partial charge >= 0.3 is 0 Å². The molecule has 1 aromatic heterocycles. The van der Waals surface area contributed by atoms with Crippen LogP contribution in [-0.2, 0) is 0 Å². The molecule has 0 aromatic carbocycles. The third-order valence-corrected chi connectivity index (χ3v) is 3.92. The van der Waals surface area contributed by atoms with Gasteiger partial charge in [0.25, 0.3) is 0 Å². The van der Waals surface area contributed by atoms with E-state index in [-0.39, 0.29) is 17.0 Å². The first-order chi connectivity index (χ1) is 7.83. The fourth-order valence-electron chi connectivity index (χ4n) is 2.76. The van der Waals surface area contributed by atoms with Crippen LogP contribution in [0.5, 0.6) is 0 Å². The molecule has 0 spiro atoms. The van der Waals surface area contributed by atoms with Gasteiger partial charge in [0, 0.05) is 32.2 Å². The van der Waals surface area contributed by atoms with E-state index >= 15 is 0 Å². The molecular formula is C12H17BrClN3. The lowest BCUT2D eigenvalue weighted by Crippen LogP contribution is -2.37. The minimum Gasteiger partial charge on any atom is -0.366 e. The second-order valence-electron chi connectivity index (χ2n) is 4.61. The van der Waals surface area contributed by atoms with Crippen LogP contribution >= 0.6 is 28.6 Å². The van der Waals surface area contributed by atoms with Crippen molar-refractivity contribution in [1.82, 2.24) is 9.88 Å². The van der Waals surface area contributed by atoms with Crippen LogP contribution in [0.25, 0.3) is 0 Å². The minimum absolute atomic E-state index is 0. The number of pyridine rings is 1. The molecule has 94 valence electrons. The lowest BCUT2D eigenvalue weighted by atomic mass is 10.0. The number of hydrogen-bond acceptors (Lipinski definition) is 3. The molecule has 2 bridgehead atoms. The van der Waals surface area contributed by atoms with E-state index in [1.165, 1.54) is 38.2 Å². The molecular weight excluding hydrogens is 302 g/mol. The van der Waals surface area contributed by atoms with E-state index < -0.39 is 0 Å². The molecule has 5 heteroatoms. The Morgan fingerprint density at radius 2 is 1.88 bits per heavy atom. The van der Waals surface area contributed by atoms with Crippen molar-refractivity contribution in [3.63, 3.8) is 0 Å². The summed E-state index contributed by atoms with van der Waals surface area (Å²) in [5.41, 5.74) is 1.22. The summed E-state index contributed by atoms with van der Waals surface area (Å²) >= 11 is 5.82. The van der Waals surface area contributed by atoms with Gasteiger partial charge in [-0.2, -0.15) is 0 Å². The molecule has 0 amide bonds. The fraction of sp³-hybridized carbons (Fsp3) is 0.583. The molecule has 0 radical (unpaired) electrons. The van der Waals surface area contributed by atoms with Crippen LogP contribution in [0, 0.1) is 0 Å². The summed E-state index contributed by atoms with van der Waals surface area (Å²) in [6.45, 7) is 4.80. The van der Waals surface area contributed by atoms with Gasteiger partial charge in [-0.25, -0.2) is 4.98 Å². The molecule has 1 aromatic rings. The summed E-state index contributed by atoms with van der Waals surface area (Å²) in [6.07, 6.45) is 4.46. The summed E-state index contributed by atoms with van der Waals surface area (Å²) in [5, 5.41) is 0.576. The van der Waals surface area contributed by atoms with Crippen LogP contribution in [0.3, 0.4) is 0 Å². The monoisotopic (exact) mass is 317 g/mol. The third kappa shape index (κ3) is 2.75. The first-order valence-electron chi connectivity index (χ1n) is 5.93. The molecule has 0 atom stereocenters. The maximum Gasteiger partial charge on any atom is 0.129 e. The summed E-state index contributed by atoms with van der Waals surface area (Å²) in [5.74, 6) is 0. The van der Waals surface area contributed by atoms with Crippen LogP contribution in [0.15, 0.2) is 18.3 Å². The third-order valence-electron chi connectivity index (χ3n) is 3.70. The van der Waals surface area contributed by atoms with Crippen molar-refractivity contribution in [3.8, 4) is 0 Å². The van der Waals surface area contributed by atoms with Gasteiger partial charge in [0.15, 0.2) is 0 Å². The first kappa shape index (κ1) is 13.1. The molecule has 17 heavy (non-hydrogen) atoms. The van der Waals surface area contributed by atoms with E-state index in [1.807, 2.05) is 12.3 Å². The number of rotatable bonds is 1. The number of aromatic nitrogens is 1. The van der Waals surface area contributed by atoms with E-state index in [1.54, 1.807) is 0 Å². The normalized spacial score (nSPS) is 27.5. The van der Waals surface area contributed by atoms with Crippen LogP contribution in [0.4, 0.5) is 5.69 Å². The van der Waals surface area contributed by atoms with Crippen molar-refractivity contribution < 1.29 is 0 Å². The highest BCUT2D eigenvalue weighted by Gasteiger charge is 2.28. The van der Waals surface area contributed by atoms with Crippen molar-refractivity contribution in [2.45, 2.75) is 18.9 Å².